The summed E-state index contributed by atoms with van der Waals surface area (Å²) in [6, 6.07) is 18.6. The Morgan fingerprint density at radius 2 is 1.65 bits per heavy atom. The molecule has 4 rings (SSSR count). The van der Waals surface area contributed by atoms with E-state index in [1.54, 1.807) is 4.90 Å². The SMILES string of the molecule is O=C1N[C@@H](c2ccccc2)COC(=O)[C@H](Cc2ccccc2)CC=CC[C@@H]1CC(=O)N1CCC[C@H]1CO. The third kappa shape index (κ3) is 7.29. The molecule has 2 aliphatic heterocycles. The highest BCUT2D eigenvalue weighted by Crippen LogP contribution is 2.24. The van der Waals surface area contributed by atoms with Gasteiger partial charge >= 0.3 is 5.97 Å². The molecule has 0 radical (unpaired) electrons. The molecule has 1 saturated heterocycles. The highest BCUT2D eigenvalue weighted by atomic mass is 16.5. The summed E-state index contributed by atoms with van der Waals surface area (Å²) < 4.78 is 5.75. The zero-order valence-electron chi connectivity index (χ0n) is 21.1. The maximum Gasteiger partial charge on any atom is 0.309 e. The summed E-state index contributed by atoms with van der Waals surface area (Å²) in [6.07, 6.45) is 6.97. The second-order valence-electron chi connectivity index (χ2n) is 9.90. The Kier molecular flexibility index (Phi) is 9.49. The zero-order valence-corrected chi connectivity index (χ0v) is 21.1. The maximum absolute atomic E-state index is 13.4. The fourth-order valence-corrected chi connectivity index (χ4v) is 5.13. The number of nitrogens with zero attached hydrogens (tertiary/aromatic N) is 1. The lowest BCUT2D eigenvalue weighted by molar-refractivity contribution is -0.150. The van der Waals surface area contributed by atoms with E-state index in [2.05, 4.69) is 5.32 Å². The molecular weight excluding hydrogens is 468 g/mol. The van der Waals surface area contributed by atoms with Crippen molar-refractivity contribution in [1.82, 2.24) is 10.2 Å². The monoisotopic (exact) mass is 504 g/mol. The van der Waals surface area contributed by atoms with Gasteiger partial charge in [0.05, 0.1) is 30.5 Å². The Morgan fingerprint density at radius 1 is 0.973 bits per heavy atom. The van der Waals surface area contributed by atoms with Crippen LogP contribution in [0.4, 0.5) is 0 Å². The summed E-state index contributed by atoms with van der Waals surface area (Å²) in [6.45, 7) is 0.563. The summed E-state index contributed by atoms with van der Waals surface area (Å²) in [5.41, 5.74) is 1.89. The number of likely N-dealkylation sites (tertiary alicyclic amines) is 1. The zero-order chi connectivity index (χ0) is 26.0. The highest BCUT2D eigenvalue weighted by Gasteiger charge is 2.32. The molecule has 37 heavy (non-hydrogen) atoms. The first-order valence-electron chi connectivity index (χ1n) is 13.2. The molecule has 196 valence electrons. The number of carbonyl (C=O) groups excluding carboxylic acids is 3. The molecule has 1 fully saturated rings. The molecule has 2 aliphatic rings. The van der Waals surface area contributed by atoms with Gasteiger partial charge in [0, 0.05) is 13.0 Å². The predicted octanol–water partition coefficient (Wildman–Crippen LogP) is 3.59. The van der Waals surface area contributed by atoms with Gasteiger partial charge in [-0.3, -0.25) is 14.4 Å². The Bertz CT molecular complexity index is 1070. The first-order valence-corrected chi connectivity index (χ1v) is 13.2. The number of benzene rings is 2. The number of hydrogen-bond acceptors (Lipinski definition) is 5. The lowest BCUT2D eigenvalue weighted by atomic mass is 9.94. The van der Waals surface area contributed by atoms with Crippen molar-refractivity contribution < 1.29 is 24.2 Å². The van der Waals surface area contributed by atoms with E-state index in [1.807, 2.05) is 72.8 Å². The number of amides is 2. The van der Waals surface area contributed by atoms with Crippen LogP contribution in [0.2, 0.25) is 0 Å². The first-order chi connectivity index (χ1) is 18.0. The van der Waals surface area contributed by atoms with Crippen molar-refractivity contribution in [3.05, 3.63) is 83.9 Å². The molecule has 0 saturated carbocycles. The Hall–Kier alpha value is -3.45. The van der Waals surface area contributed by atoms with Crippen LogP contribution in [0.5, 0.6) is 0 Å². The molecule has 0 aliphatic carbocycles. The van der Waals surface area contributed by atoms with Gasteiger partial charge in [-0.15, -0.1) is 0 Å². The van der Waals surface area contributed by atoms with E-state index in [0.717, 1.165) is 24.0 Å². The predicted molar refractivity (Wildman–Crippen MR) is 140 cm³/mol. The van der Waals surface area contributed by atoms with Crippen LogP contribution in [0.25, 0.3) is 0 Å². The number of hydrogen-bond donors (Lipinski definition) is 2. The van der Waals surface area contributed by atoms with Crippen LogP contribution >= 0.6 is 0 Å². The number of ether oxygens (including phenoxy) is 1. The van der Waals surface area contributed by atoms with E-state index >= 15 is 0 Å². The van der Waals surface area contributed by atoms with Gasteiger partial charge in [0.25, 0.3) is 0 Å². The molecule has 0 aromatic heterocycles. The molecule has 2 aromatic rings. The lowest BCUT2D eigenvalue weighted by Crippen LogP contribution is -2.42. The van der Waals surface area contributed by atoms with Crippen LogP contribution in [0.15, 0.2) is 72.8 Å². The molecule has 7 heteroatoms. The second kappa shape index (κ2) is 13.2. The van der Waals surface area contributed by atoms with E-state index in [1.165, 1.54) is 0 Å². The molecule has 0 spiro atoms. The van der Waals surface area contributed by atoms with Gasteiger partial charge in [-0.05, 0) is 43.2 Å². The second-order valence-corrected chi connectivity index (χ2v) is 9.90. The normalized spacial score (nSPS) is 25.1. The van der Waals surface area contributed by atoms with E-state index in [9.17, 15) is 19.5 Å². The Labute approximate surface area is 218 Å². The van der Waals surface area contributed by atoms with Crippen LogP contribution in [-0.4, -0.2) is 53.6 Å². The van der Waals surface area contributed by atoms with Crippen LogP contribution in [0, 0.1) is 11.8 Å². The smallest absolute Gasteiger partial charge is 0.309 e. The highest BCUT2D eigenvalue weighted by molar-refractivity contribution is 5.86. The van der Waals surface area contributed by atoms with Crippen LogP contribution in [0.1, 0.15) is 49.3 Å². The molecule has 2 N–H and O–H groups in total. The van der Waals surface area contributed by atoms with Crippen molar-refractivity contribution in [2.45, 2.75) is 50.6 Å². The molecule has 0 unspecified atom stereocenters. The van der Waals surface area contributed by atoms with E-state index < -0.39 is 12.0 Å². The molecule has 2 aromatic carbocycles. The number of aliphatic hydroxyl groups excluding tert-OH is 1. The standard InChI is InChI=1S/C30H36N2O5/c33-20-26-16-9-17-32(26)28(34)19-24-14-7-8-15-25(18-22-10-3-1-4-11-22)30(36)37-21-27(31-29(24)35)23-12-5-2-6-13-23/h1-8,10-13,24-27,33H,9,14-21H2,(H,31,35)/t24-,25+,26+,27-/m1/s1. The molecule has 7 nitrogen and oxygen atoms in total. The molecular formula is C30H36N2O5. The maximum atomic E-state index is 13.4. The number of aliphatic hydroxyl groups is 1. The van der Waals surface area contributed by atoms with Crippen LogP contribution < -0.4 is 5.32 Å². The van der Waals surface area contributed by atoms with Crippen molar-refractivity contribution in [2.24, 2.45) is 11.8 Å². The first kappa shape index (κ1) is 26.6. The van der Waals surface area contributed by atoms with Crippen molar-refractivity contribution in [2.75, 3.05) is 19.8 Å². The Morgan fingerprint density at radius 3 is 2.35 bits per heavy atom. The summed E-state index contributed by atoms with van der Waals surface area (Å²) >= 11 is 0. The average Bonchev–Trinajstić information content (AvgIpc) is 3.41. The van der Waals surface area contributed by atoms with Gasteiger partial charge in [-0.25, -0.2) is 0 Å². The summed E-state index contributed by atoms with van der Waals surface area (Å²) in [7, 11) is 0. The third-order valence-electron chi connectivity index (χ3n) is 7.28. The third-order valence-corrected chi connectivity index (χ3v) is 7.28. The lowest BCUT2D eigenvalue weighted by Gasteiger charge is -2.27. The minimum absolute atomic E-state index is 0.0168. The van der Waals surface area contributed by atoms with Gasteiger partial charge in [0.2, 0.25) is 11.8 Å². The van der Waals surface area contributed by atoms with Crippen molar-refractivity contribution in [3.63, 3.8) is 0 Å². The number of cyclic esters (lactones) is 1. The number of rotatable bonds is 6. The fourth-order valence-electron chi connectivity index (χ4n) is 5.13. The largest absolute Gasteiger partial charge is 0.463 e. The minimum atomic E-state index is -0.558. The fraction of sp³-hybridized carbons (Fsp3) is 0.433. The summed E-state index contributed by atoms with van der Waals surface area (Å²) in [5.74, 6) is -1.55. The average molecular weight is 505 g/mol. The van der Waals surface area contributed by atoms with Gasteiger partial charge in [0.1, 0.15) is 6.61 Å². The number of esters is 1. The molecule has 2 heterocycles. The van der Waals surface area contributed by atoms with Gasteiger partial charge in [0.15, 0.2) is 0 Å². The quantitative estimate of drug-likeness (QED) is 0.463. The van der Waals surface area contributed by atoms with Crippen molar-refractivity contribution in [3.8, 4) is 0 Å². The van der Waals surface area contributed by atoms with Crippen molar-refractivity contribution in [1.29, 1.82) is 0 Å². The number of carbonyl (C=O) groups is 3. The molecule has 2 amide bonds. The van der Waals surface area contributed by atoms with Crippen LogP contribution in [-0.2, 0) is 25.5 Å². The minimum Gasteiger partial charge on any atom is -0.463 e. The van der Waals surface area contributed by atoms with E-state index in [-0.39, 0.29) is 49.4 Å². The van der Waals surface area contributed by atoms with Gasteiger partial charge in [-0.1, -0.05) is 72.8 Å². The summed E-state index contributed by atoms with van der Waals surface area (Å²) in [5, 5.41) is 12.7. The topological polar surface area (TPSA) is 95.9 Å². The van der Waals surface area contributed by atoms with Gasteiger partial charge in [-0.2, -0.15) is 0 Å². The summed E-state index contributed by atoms with van der Waals surface area (Å²) in [4.78, 5) is 41.3. The molecule has 4 atom stereocenters. The van der Waals surface area contributed by atoms with Crippen molar-refractivity contribution >= 4 is 17.8 Å². The van der Waals surface area contributed by atoms with E-state index in [4.69, 9.17) is 4.74 Å². The Balaban J connectivity index is 1.54. The number of nitrogens with one attached hydrogen (secondary N) is 1. The van der Waals surface area contributed by atoms with Crippen LogP contribution in [0.3, 0.4) is 0 Å². The number of allylic oxidation sites excluding steroid dienone is 2. The van der Waals surface area contributed by atoms with E-state index in [0.29, 0.717) is 25.8 Å². The molecule has 0 bridgehead atoms. The van der Waals surface area contributed by atoms with Gasteiger partial charge < -0.3 is 20.1 Å².